The number of hydrogen-bond donors (Lipinski definition) is 2. The Hall–Kier alpha value is -0.220. The van der Waals surface area contributed by atoms with Crippen LogP contribution < -0.4 is 10.6 Å². The van der Waals surface area contributed by atoms with Gasteiger partial charge >= 0.3 is 0 Å². The van der Waals surface area contributed by atoms with Crippen molar-refractivity contribution in [3.05, 3.63) is 0 Å². The van der Waals surface area contributed by atoms with E-state index >= 15 is 0 Å². The van der Waals surface area contributed by atoms with Crippen molar-refractivity contribution in [2.75, 3.05) is 31.6 Å². The predicted molar refractivity (Wildman–Crippen MR) is 70.8 cm³/mol. The Labute approximate surface area is 103 Å². The molecule has 0 bridgehead atoms. The molecule has 1 rings (SSSR count). The summed E-state index contributed by atoms with van der Waals surface area (Å²) < 4.78 is 0. The fourth-order valence-corrected chi connectivity index (χ4v) is 2.75. The van der Waals surface area contributed by atoms with Crippen LogP contribution in [0.3, 0.4) is 0 Å². The molecule has 0 aliphatic carbocycles. The second kappa shape index (κ2) is 7.96. The molecular formula is C12H24N2OS. The highest BCUT2D eigenvalue weighted by Crippen LogP contribution is 2.13. The first kappa shape index (κ1) is 13.8. The molecule has 2 atom stereocenters. The predicted octanol–water partition coefficient (Wildman–Crippen LogP) is 1.49. The fourth-order valence-electron chi connectivity index (χ4n) is 2.06. The standard InChI is InChI=1S/C12H24N2OS/c1-10(9-16-2)7-14-12(15)6-11-4-3-5-13-8-11/h10-11,13H,3-9H2,1-2H3,(H,14,15). The number of rotatable bonds is 6. The molecule has 1 saturated heterocycles. The minimum atomic E-state index is 0.224. The van der Waals surface area contributed by atoms with Crippen LogP contribution in [0.1, 0.15) is 26.2 Å². The molecule has 0 saturated carbocycles. The number of thioether (sulfide) groups is 1. The Balaban J connectivity index is 2.10. The number of hydrogen-bond acceptors (Lipinski definition) is 3. The number of amides is 1. The van der Waals surface area contributed by atoms with Gasteiger partial charge in [0.25, 0.3) is 0 Å². The zero-order valence-electron chi connectivity index (χ0n) is 10.4. The highest BCUT2D eigenvalue weighted by molar-refractivity contribution is 7.98. The van der Waals surface area contributed by atoms with Crippen LogP contribution in [0.25, 0.3) is 0 Å². The molecule has 0 radical (unpaired) electrons. The van der Waals surface area contributed by atoms with E-state index in [-0.39, 0.29) is 5.91 Å². The molecule has 1 fully saturated rings. The summed E-state index contributed by atoms with van der Waals surface area (Å²) in [5.74, 6) is 2.46. The van der Waals surface area contributed by atoms with Crippen molar-refractivity contribution in [3.8, 4) is 0 Å². The van der Waals surface area contributed by atoms with Crippen LogP contribution in [-0.4, -0.2) is 37.6 Å². The van der Waals surface area contributed by atoms with Crippen molar-refractivity contribution in [2.45, 2.75) is 26.2 Å². The highest BCUT2D eigenvalue weighted by Gasteiger charge is 2.16. The van der Waals surface area contributed by atoms with Gasteiger partial charge in [-0.05, 0) is 49.8 Å². The minimum Gasteiger partial charge on any atom is -0.356 e. The maximum Gasteiger partial charge on any atom is 0.220 e. The molecule has 94 valence electrons. The Morgan fingerprint density at radius 1 is 1.62 bits per heavy atom. The molecule has 4 heteroatoms. The number of nitrogens with one attached hydrogen (secondary N) is 2. The van der Waals surface area contributed by atoms with Crippen molar-refractivity contribution in [1.29, 1.82) is 0 Å². The second-order valence-corrected chi connectivity index (χ2v) is 5.69. The molecule has 1 amide bonds. The van der Waals surface area contributed by atoms with E-state index in [0.29, 0.717) is 18.3 Å². The molecule has 2 N–H and O–H groups in total. The average molecular weight is 244 g/mol. The summed E-state index contributed by atoms with van der Waals surface area (Å²) in [6.45, 7) is 5.12. The molecule has 16 heavy (non-hydrogen) atoms. The summed E-state index contributed by atoms with van der Waals surface area (Å²) in [5.41, 5.74) is 0. The van der Waals surface area contributed by atoms with Gasteiger partial charge < -0.3 is 10.6 Å². The molecule has 0 aromatic heterocycles. The third kappa shape index (κ3) is 5.75. The maximum atomic E-state index is 11.7. The Morgan fingerprint density at radius 2 is 2.44 bits per heavy atom. The zero-order valence-corrected chi connectivity index (χ0v) is 11.2. The van der Waals surface area contributed by atoms with Crippen LogP contribution in [0.2, 0.25) is 0 Å². The summed E-state index contributed by atoms with van der Waals surface area (Å²) in [4.78, 5) is 11.7. The van der Waals surface area contributed by atoms with Gasteiger partial charge in [0.1, 0.15) is 0 Å². The summed E-state index contributed by atoms with van der Waals surface area (Å²) >= 11 is 1.84. The lowest BCUT2D eigenvalue weighted by atomic mass is 9.96. The van der Waals surface area contributed by atoms with Crippen LogP contribution in [0.15, 0.2) is 0 Å². The lowest BCUT2D eigenvalue weighted by Gasteiger charge is -2.22. The van der Waals surface area contributed by atoms with E-state index in [0.717, 1.165) is 25.4 Å². The lowest BCUT2D eigenvalue weighted by molar-refractivity contribution is -0.122. The molecule has 3 nitrogen and oxygen atoms in total. The molecule has 1 aliphatic rings. The summed E-state index contributed by atoms with van der Waals surface area (Å²) in [7, 11) is 0. The Morgan fingerprint density at radius 3 is 3.06 bits per heavy atom. The van der Waals surface area contributed by atoms with Crippen molar-refractivity contribution in [2.24, 2.45) is 11.8 Å². The van der Waals surface area contributed by atoms with Crippen LogP contribution in [0.4, 0.5) is 0 Å². The van der Waals surface area contributed by atoms with Crippen molar-refractivity contribution >= 4 is 17.7 Å². The molecule has 0 aromatic carbocycles. The van der Waals surface area contributed by atoms with Crippen LogP contribution >= 0.6 is 11.8 Å². The van der Waals surface area contributed by atoms with E-state index in [1.807, 2.05) is 11.8 Å². The third-order valence-electron chi connectivity index (χ3n) is 2.97. The topological polar surface area (TPSA) is 41.1 Å². The highest BCUT2D eigenvalue weighted by atomic mass is 32.2. The zero-order chi connectivity index (χ0) is 11.8. The molecule has 1 aliphatic heterocycles. The monoisotopic (exact) mass is 244 g/mol. The smallest absolute Gasteiger partial charge is 0.220 e. The van der Waals surface area contributed by atoms with Gasteiger partial charge in [0, 0.05) is 13.0 Å². The fraction of sp³-hybridized carbons (Fsp3) is 0.917. The third-order valence-corrected chi connectivity index (χ3v) is 3.87. The number of piperidine rings is 1. The molecule has 2 unspecified atom stereocenters. The SMILES string of the molecule is CSCC(C)CNC(=O)CC1CCCNC1. The van der Waals surface area contributed by atoms with E-state index in [1.54, 1.807) is 0 Å². The summed E-state index contributed by atoms with van der Waals surface area (Å²) in [6, 6.07) is 0. The Bertz CT molecular complexity index is 205. The first-order chi connectivity index (χ1) is 7.72. The van der Waals surface area contributed by atoms with Crippen LogP contribution in [0, 0.1) is 11.8 Å². The van der Waals surface area contributed by atoms with E-state index in [2.05, 4.69) is 23.8 Å². The molecule has 0 spiro atoms. The molecule has 0 aromatic rings. The largest absolute Gasteiger partial charge is 0.356 e. The van der Waals surface area contributed by atoms with Gasteiger partial charge in [-0.25, -0.2) is 0 Å². The van der Waals surface area contributed by atoms with Gasteiger partial charge in [0.2, 0.25) is 5.91 Å². The van der Waals surface area contributed by atoms with Crippen molar-refractivity contribution < 1.29 is 4.79 Å². The maximum absolute atomic E-state index is 11.7. The van der Waals surface area contributed by atoms with Crippen LogP contribution in [0.5, 0.6) is 0 Å². The quantitative estimate of drug-likeness (QED) is 0.744. The van der Waals surface area contributed by atoms with Gasteiger partial charge in [0.05, 0.1) is 0 Å². The Kier molecular flexibility index (Phi) is 6.88. The first-order valence-electron chi connectivity index (χ1n) is 6.18. The van der Waals surface area contributed by atoms with E-state index in [1.165, 1.54) is 12.8 Å². The minimum absolute atomic E-state index is 0.224. The summed E-state index contributed by atoms with van der Waals surface area (Å²) in [5, 5.41) is 6.38. The first-order valence-corrected chi connectivity index (χ1v) is 7.58. The van der Waals surface area contributed by atoms with Gasteiger partial charge in [-0.3, -0.25) is 4.79 Å². The molecular weight excluding hydrogens is 220 g/mol. The summed E-state index contributed by atoms with van der Waals surface area (Å²) in [6.07, 6.45) is 5.20. The van der Waals surface area contributed by atoms with Gasteiger partial charge in [-0.2, -0.15) is 11.8 Å². The van der Waals surface area contributed by atoms with E-state index < -0.39 is 0 Å². The van der Waals surface area contributed by atoms with Crippen LogP contribution in [-0.2, 0) is 4.79 Å². The second-order valence-electron chi connectivity index (χ2n) is 4.78. The molecule has 1 heterocycles. The van der Waals surface area contributed by atoms with Gasteiger partial charge in [-0.1, -0.05) is 6.92 Å². The van der Waals surface area contributed by atoms with Gasteiger partial charge in [0.15, 0.2) is 0 Å². The van der Waals surface area contributed by atoms with E-state index in [9.17, 15) is 4.79 Å². The van der Waals surface area contributed by atoms with E-state index in [4.69, 9.17) is 0 Å². The lowest BCUT2D eigenvalue weighted by Crippen LogP contribution is -2.35. The van der Waals surface area contributed by atoms with Crippen molar-refractivity contribution in [3.63, 3.8) is 0 Å². The van der Waals surface area contributed by atoms with Gasteiger partial charge in [-0.15, -0.1) is 0 Å². The average Bonchev–Trinajstić information content (AvgIpc) is 2.28. The number of carbonyl (C=O) groups excluding carboxylic acids is 1. The normalized spacial score (nSPS) is 22.8. The number of carbonyl (C=O) groups is 1. The van der Waals surface area contributed by atoms with Crippen molar-refractivity contribution in [1.82, 2.24) is 10.6 Å².